The highest BCUT2D eigenvalue weighted by atomic mass is 16.4. The number of hydrogen-bond donors (Lipinski definition) is 3. The summed E-state index contributed by atoms with van der Waals surface area (Å²) in [6.45, 7) is 4.08. The monoisotopic (exact) mass is 521 g/mol. The van der Waals surface area contributed by atoms with Crippen molar-refractivity contribution >= 4 is 17.6 Å². The standard InChI is InChI=1S/C32H31N3O4/c1-21-5-3-4-6-28(21)29(20-30(35-39)27-15-17-33-22(2)19-27)25-11-7-23(8-12-25)24-9-13-26(14-10-24)32(38)34-18-16-31(36)37/h3-15,17,19,29,39H,16,18,20H2,1-2H3,(H,34,38)(H,36,37)/b35-30+. The molecule has 1 amide bonds. The molecule has 0 aliphatic heterocycles. The number of carbonyl (C=O) groups excluding carboxylic acids is 1. The van der Waals surface area contributed by atoms with E-state index in [-0.39, 0.29) is 24.8 Å². The van der Waals surface area contributed by atoms with Crippen LogP contribution in [0.5, 0.6) is 0 Å². The minimum absolute atomic E-state index is 0.0310. The van der Waals surface area contributed by atoms with Gasteiger partial charge in [-0.25, -0.2) is 0 Å². The van der Waals surface area contributed by atoms with Gasteiger partial charge >= 0.3 is 5.97 Å². The van der Waals surface area contributed by atoms with Gasteiger partial charge in [-0.15, -0.1) is 0 Å². The maximum atomic E-state index is 12.3. The summed E-state index contributed by atoms with van der Waals surface area (Å²) in [5.41, 5.74) is 8.14. The zero-order valence-corrected chi connectivity index (χ0v) is 22.0. The number of pyridine rings is 1. The summed E-state index contributed by atoms with van der Waals surface area (Å²) >= 11 is 0. The van der Waals surface area contributed by atoms with E-state index < -0.39 is 5.97 Å². The summed E-state index contributed by atoms with van der Waals surface area (Å²) in [5, 5.41) is 24.9. The first-order valence-electron chi connectivity index (χ1n) is 12.8. The van der Waals surface area contributed by atoms with Crippen LogP contribution in [0, 0.1) is 13.8 Å². The molecule has 4 aromatic rings. The molecule has 3 N–H and O–H groups in total. The number of carboxylic acid groups (broad SMARTS) is 1. The summed E-state index contributed by atoms with van der Waals surface area (Å²) in [4.78, 5) is 27.2. The van der Waals surface area contributed by atoms with Gasteiger partial charge in [0.1, 0.15) is 0 Å². The van der Waals surface area contributed by atoms with Gasteiger partial charge in [-0.1, -0.05) is 65.8 Å². The van der Waals surface area contributed by atoms with Gasteiger partial charge in [0.25, 0.3) is 5.91 Å². The van der Waals surface area contributed by atoms with E-state index in [4.69, 9.17) is 5.11 Å². The molecular weight excluding hydrogens is 490 g/mol. The molecule has 0 aliphatic rings. The Morgan fingerprint density at radius 3 is 2.18 bits per heavy atom. The largest absolute Gasteiger partial charge is 0.481 e. The second-order valence-electron chi connectivity index (χ2n) is 9.44. The van der Waals surface area contributed by atoms with Crippen LogP contribution < -0.4 is 5.32 Å². The van der Waals surface area contributed by atoms with E-state index in [1.165, 1.54) is 0 Å². The van der Waals surface area contributed by atoms with Crippen LogP contribution in [0.25, 0.3) is 11.1 Å². The molecule has 0 aliphatic carbocycles. The SMILES string of the molecule is Cc1cc(/C(CC(c2ccc(-c3ccc(C(=O)NCCC(=O)O)cc3)cc2)c2ccccc2C)=N/O)ccn1. The number of aromatic nitrogens is 1. The van der Waals surface area contributed by atoms with Crippen molar-refractivity contribution in [1.82, 2.24) is 10.3 Å². The number of nitrogens with one attached hydrogen (secondary N) is 1. The summed E-state index contributed by atoms with van der Waals surface area (Å²) in [6.07, 6.45) is 2.11. The minimum atomic E-state index is -0.953. The molecule has 0 saturated carbocycles. The van der Waals surface area contributed by atoms with Crippen LogP contribution >= 0.6 is 0 Å². The molecule has 3 aromatic carbocycles. The molecule has 0 bridgehead atoms. The first-order valence-corrected chi connectivity index (χ1v) is 12.8. The molecule has 0 fully saturated rings. The molecule has 0 saturated heterocycles. The smallest absolute Gasteiger partial charge is 0.305 e. The van der Waals surface area contributed by atoms with Crippen molar-refractivity contribution in [3.05, 3.63) is 125 Å². The molecule has 198 valence electrons. The fourth-order valence-corrected chi connectivity index (χ4v) is 4.63. The van der Waals surface area contributed by atoms with Gasteiger partial charge in [-0.2, -0.15) is 0 Å². The Morgan fingerprint density at radius 2 is 1.56 bits per heavy atom. The Kier molecular flexibility index (Phi) is 8.84. The molecule has 7 nitrogen and oxygen atoms in total. The first kappa shape index (κ1) is 27.3. The lowest BCUT2D eigenvalue weighted by Crippen LogP contribution is -2.25. The Hall–Kier alpha value is -4.78. The lowest BCUT2D eigenvalue weighted by Gasteiger charge is -2.21. The highest BCUT2D eigenvalue weighted by Crippen LogP contribution is 2.33. The summed E-state index contributed by atoms with van der Waals surface area (Å²) < 4.78 is 0. The van der Waals surface area contributed by atoms with Gasteiger partial charge in [-0.3, -0.25) is 14.6 Å². The zero-order chi connectivity index (χ0) is 27.8. The van der Waals surface area contributed by atoms with Crippen LogP contribution in [-0.2, 0) is 4.79 Å². The predicted molar refractivity (Wildman–Crippen MR) is 151 cm³/mol. The maximum Gasteiger partial charge on any atom is 0.305 e. The van der Waals surface area contributed by atoms with Crippen molar-refractivity contribution in [3.63, 3.8) is 0 Å². The highest BCUT2D eigenvalue weighted by Gasteiger charge is 2.20. The van der Waals surface area contributed by atoms with Crippen LogP contribution in [0.15, 0.2) is 96.3 Å². The number of carboxylic acids is 1. The van der Waals surface area contributed by atoms with Crippen molar-refractivity contribution in [2.24, 2.45) is 5.16 Å². The number of carbonyl (C=O) groups is 2. The molecule has 7 heteroatoms. The lowest BCUT2D eigenvalue weighted by atomic mass is 9.83. The number of benzene rings is 3. The van der Waals surface area contributed by atoms with E-state index in [0.29, 0.717) is 17.7 Å². The second-order valence-corrected chi connectivity index (χ2v) is 9.44. The lowest BCUT2D eigenvalue weighted by molar-refractivity contribution is -0.136. The van der Waals surface area contributed by atoms with Crippen LogP contribution in [0.1, 0.15) is 57.1 Å². The van der Waals surface area contributed by atoms with Gasteiger partial charge in [0.15, 0.2) is 0 Å². The molecule has 4 rings (SSSR count). The topological polar surface area (TPSA) is 112 Å². The second kappa shape index (κ2) is 12.6. The molecule has 1 heterocycles. The van der Waals surface area contributed by atoms with Gasteiger partial charge in [0.05, 0.1) is 12.1 Å². The Morgan fingerprint density at radius 1 is 0.897 bits per heavy atom. The van der Waals surface area contributed by atoms with Crippen molar-refractivity contribution in [1.29, 1.82) is 0 Å². The molecular formula is C32H31N3O4. The summed E-state index contributed by atoms with van der Waals surface area (Å²) in [6, 6.07) is 27.5. The van der Waals surface area contributed by atoms with E-state index in [1.54, 1.807) is 18.3 Å². The summed E-state index contributed by atoms with van der Waals surface area (Å²) in [5.74, 6) is -1.28. The fraction of sp³-hybridized carbons (Fsp3) is 0.188. The van der Waals surface area contributed by atoms with E-state index in [1.807, 2.05) is 43.3 Å². The van der Waals surface area contributed by atoms with E-state index in [9.17, 15) is 14.8 Å². The van der Waals surface area contributed by atoms with E-state index in [0.717, 1.165) is 39.1 Å². The number of rotatable bonds is 10. The molecule has 1 aromatic heterocycles. The quantitative estimate of drug-likeness (QED) is 0.135. The molecule has 39 heavy (non-hydrogen) atoms. The van der Waals surface area contributed by atoms with Crippen molar-refractivity contribution in [3.8, 4) is 11.1 Å². The number of nitrogens with zero attached hydrogens (tertiary/aromatic N) is 2. The normalized spacial score (nSPS) is 12.1. The Balaban J connectivity index is 1.58. The number of aliphatic carboxylic acids is 1. The number of amides is 1. The highest BCUT2D eigenvalue weighted by molar-refractivity contribution is 6.01. The molecule has 1 atom stereocenters. The van der Waals surface area contributed by atoms with E-state index >= 15 is 0 Å². The minimum Gasteiger partial charge on any atom is -0.481 e. The molecule has 0 radical (unpaired) electrons. The van der Waals surface area contributed by atoms with Crippen LogP contribution in [0.4, 0.5) is 0 Å². The van der Waals surface area contributed by atoms with Crippen LogP contribution in [0.2, 0.25) is 0 Å². The number of hydrogen-bond acceptors (Lipinski definition) is 5. The average Bonchev–Trinajstić information content (AvgIpc) is 2.94. The predicted octanol–water partition coefficient (Wildman–Crippen LogP) is 5.97. The van der Waals surface area contributed by atoms with Crippen molar-refractivity contribution < 1.29 is 19.9 Å². The number of aryl methyl sites for hydroxylation is 2. The zero-order valence-electron chi connectivity index (χ0n) is 22.0. The van der Waals surface area contributed by atoms with Gasteiger partial charge in [0.2, 0.25) is 0 Å². The van der Waals surface area contributed by atoms with Crippen molar-refractivity contribution in [2.45, 2.75) is 32.6 Å². The Bertz CT molecular complexity index is 1480. The van der Waals surface area contributed by atoms with Crippen LogP contribution in [0.3, 0.4) is 0 Å². The third-order valence-electron chi connectivity index (χ3n) is 6.73. The van der Waals surface area contributed by atoms with Gasteiger partial charge < -0.3 is 15.6 Å². The van der Waals surface area contributed by atoms with Crippen molar-refractivity contribution in [2.75, 3.05) is 6.54 Å². The average molecular weight is 522 g/mol. The fourth-order valence-electron chi connectivity index (χ4n) is 4.63. The maximum absolute atomic E-state index is 12.3. The van der Waals surface area contributed by atoms with Gasteiger partial charge in [0, 0.05) is 41.9 Å². The first-order chi connectivity index (χ1) is 18.9. The molecule has 0 spiro atoms. The number of oxime groups is 1. The third kappa shape index (κ3) is 6.96. The van der Waals surface area contributed by atoms with Crippen LogP contribution in [-0.4, -0.2) is 39.4 Å². The van der Waals surface area contributed by atoms with Gasteiger partial charge in [-0.05, 0) is 65.9 Å². The Labute approximate surface area is 227 Å². The third-order valence-corrected chi connectivity index (χ3v) is 6.73. The van der Waals surface area contributed by atoms with E-state index in [2.05, 4.69) is 58.8 Å². The molecule has 1 unspecified atom stereocenters. The summed E-state index contributed by atoms with van der Waals surface area (Å²) in [7, 11) is 0.